The molecule has 0 bridgehead atoms. The first-order chi connectivity index (χ1) is 12.8. The Labute approximate surface area is 163 Å². The van der Waals surface area contributed by atoms with Gasteiger partial charge < -0.3 is 9.47 Å². The van der Waals surface area contributed by atoms with Crippen LogP contribution in [0.25, 0.3) is 10.9 Å². The van der Waals surface area contributed by atoms with Crippen LogP contribution in [0.2, 0.25) is 5.15 Å². The Morgan fingerprint density at radius 3 is 2.74 bits per heavy atom. The first-order valence-electron chi connectivity index (χ1n) is 8.91. The van der Waals surface area contributed by atoms with E-state index in [9.17, 15) is 9.18 Å². The van der Waals surface area contributed by atoms with Crippen LogP contribution in [-0.4, -0.2) is 44.6 Å². The Morgan fingerprint density at radius 2 is 2.00 bits per heavy atom. The third-order valence-corrected chi connectivity index (χ3v) is 5.18. The highest BCUT2D eigenvalue weighted by Gasteiger charge is 2.28. The Bertz CT molecular complexity index is 1120. The second-order valence-electron chi connectivity index (χ2n) is 7.71. The molecule has 3 heterocycles. The highest BCUT2D eigenvalue weighted by Crippen LogP contribution is 2.38. The fraction of sp³-hybridized carbons (Fsp3) is 0.235. The van der Waals surface area contributed by atoms with Crippen molar-refractivity contribution in [2.24, 2.45) is 0 Å². The second-order valence-corrected chi connectivity index (χ2v) is 8.07. The SMILES string of the molecule is BC(B)(B)n1c(=O)nc(N2CCCc3c2ccnc3Cl)c2c(F)cccc21. The third-order valence-electron chi connectivity index (χ3n) is 4.85. The van der Waals surface area contributed by atoms with Gasteiger partial charge in [0.1, 0.15) is 34.5 Å². The molecule has 5 nitrogen and oxygen atoms in total. The number of halogens is 2. The maximum Gasteiger partial charge on any atom is 0.348 e. The molecule has 0 fully saturated rings. The molecule has 10 heteroatoms. The summed E-state index contributed by atoms with van der Waals surface area (Å²) in [6.07, 6.45) is 3.23. The Morgan fingerprint density at radius 1 is 1.22 bits per heavy atom. The molecule has 0 saturated heterocycles. The number of aromatic nitrogens is 3. The van der Waals surface area contributed by atoms with E-state index in [4.69, 9.17) is 11.6 Å². The van der Waals surface area contributed by atoms with Gasteiger partial charge in [-0.15, -0.1) is 0 Å². The summed E-state index contributed by atoms with van der Waals surface area (Å²) in [7, 11) is 5.71. The molecule has 134 valence electrons. The molecule has 27 heavy (non-hydrogen) atoms. The summed E-state index contributed by atoms with van der Waals surface area (Å²) in [5, 5.41) is 0.250. The number of hydrogen-bond donors (Lipinski definition) is 0. The lowest BCUT2D eigenvalue weighted by atomic mass is 9.49. The molecule has 0 atom stereocenters. The molecule has 0 saturated carbocycles. The van der Waals surface area contributed by atoms with Gasteiger partial charge in [-0.2, -0.15) is 4.98 Å². The molecular weight excluding hydrogens is 363 g/mol. The smallest absolute Gasteiger partial charge is 0.325 e. The molecule has 3 aromatic rings. The van der Waals surface area contributed by atoms with Crippen LogP contribution in [0, 0.1) is 5.82 Å². The van der Waals surface area contributed by atoms with E-state index >= 15 is 0 Å². The first kappa shape index (κ1) is 18.1. The number of nitrogens with zero attached hydrogens (tertiary/aromatic N) is 4. The summed E-state index contributed by atoms with van der Waals surface area (Å²) in [4.78, 5) is 23.2. The van der Waals surface area contributed by atoms with Crippen LogP contribution < -0.4 is 10.6 Å². The van der Waals surface area contributed by atoms with Crippen molar-refractivity contribution < 1.29 is 4.39 Å². The van der Waals surface area contributed by atoms with Gasteiger partial charge in [-0.3, -0.25) is 0 Å². The monoisotopic (exact) mass is 380 g/mol. The molecule has 0 unspecified atom stereocenters. The van der Waals surface area contributed by atoms with Gasteiger partial charge in [0.15, 0.2) is 5.82 Å². The van der Waals surface area contributed by atoms with Gasteiger partial charge in [0.05, 0.1) is 16.6 Å². The molecule has 0 N–H and O–H groups in total. The summed E-state index contributed by atoms with van der Waals surface area (Å²) in [6.45, 7) is 0.628. The Balaban J connectivity index is 2.06. The van der Waals surface area contributed by atoms with E-state index in [0.29, 0.717) is 28.4 Å². The molecule has 0 spiro atoms. The quantitative estimate of drug-likeness (QED) is 0.469. The normalized spacial score (nSPS) is 14.4. The lowest BCUT2D eigenvalue weighted by Gasteiger charge is -2.32. The summed E-state index contributed by atoms with van der Waals surface area (Å²) < 4.78 is 16.5. The topological polar surface area (TPSA) is 51.0 Å². The minimum Gasteiger partial charge on any atom is -0.325 e. The van der Waals surface area contributed by atoms with Crippen LogP contribution in [0.3, 0.4) is 0 Å². The van der Waals surface area contributed by atoms with Crippen molar-refractivity contribution >= 4 is 57.5 Å². The predicted octanol–water partition coefficient (Wildman–Crippen LogP) is 0.135. The number of hydrogen-bond acceptors (Lipinski definition) is 4. The van der Waals surface area contributed by atoms with Gasteiger partial charge in [-0.25, -0.2) is 14.2 Å². The van der Waals surface area contributed by atoms with Gasteiger partial charge in [0.2, 0.25) is 0 Å². The van der Waals surface area contributed by atoms with E-state index in [-0.39, 0.29) is 0 Å². The van der Waals surface area contributed by atoms with E-state index in [1.54, 1.807) is 22.9 Å². The van der Waals surface area contributed by atoms with Crippen molar-refractivity contribution in [1.29, 1.82) is 0 Å². The van der Waals surface area contributed by atoms with Crippen molar-refractivity contribution in [3.8, 4) is 0 Å². The zero-order valence-corrected chi connectivity index (χ0v) is 16.2. The molecule has 1 aliphatic rings. The standard InChI is InChI=1S/C17H17B3ClFN4O/c18-17(19,20)26-12-5-1-4-10(22)13(12)15(24-16(26)27)25-8-2-3-9-11(25)6-7-23-14(9)21/h1,4-7H,2-3,8,18-20H2. The summed E-state index contributed by atoms with van der Waals surface area (Å²) >= 11 is 6.26. The van der Waals surface area contributed by atoms with E-state index in [1.165, 1.54) is 6.07 Å². The van der Waals surface area contributed by atoms with Gasteiger partial charge in [0.25, 0.3) is 0 Å². The van der Waals surface area contributed by atoms with Gasteiger partial charge in [-0.05, 0) is 36.3 Å². The van der Waals surface area contributed by atoms with Gasteiger partial charge in [0, 0.05) is 18.3 Å². The van der Waals surface area contributed by atoms with E-state index in [0.717, 1.165) is 24.1 Å². The fourth-order valence-corrected chi connectivity index (χ4v) is 4.01. The molecule has 1 aromatic carbocycles. The Kier molecular flexibility index (Phi) is 4.30. The van der Waals surface area contributed by atoms with Crippen molar-refractivity contribution in [1.82, 2.24) is 14.5 Å². The summed E-state index contributed by atoms with van der Waals surface area (Å²) in [5.74, 6) is -0.0721. The van der Waals surface area contributed by atoms with Crippen LogP contribution in [-0.2, 0) is 11.7 Å². The van der Waals surface area contributed by atoms with Crippen molar-refractivity contribution in [2.45, 2.75) is 18.1 Å². The van der Waals surface area contributed by atoms with Crippen molar-refractivity contribution in [2.75, 3.05) is 11.4 Å². The van der Waals surface area contributed by atoms with E-state index < -0.39 is 16.7 Å². The maximum absolute atomic E-state index is 14.9. The van der Waals surface area contributed by atoms with Crippen LogP contribution in [0.4, 0.5) is 15.9 Å². The molecule has 4 rings (SSSR count). The number of benzene rings is 1. The summed E-state index contributed by atoms with van der Waals surface area (Å²) in [6, 6.07) is 6.62. The number of anilines is 2. The maximum atomic E-state index is 14.9. The van der Waals surface area contributed by atoms with Gasteiger partial charge >= 0.3 is 5.69 Å². The number of fused-ring (bicyclic) bond motifs is 2. The lowest BCUT2D eigenvalue weighted by molar-refractivity contribution is 0.635. The highest BCUT2D eigenvalue weighted by molar-refractivity contribution is 6.56. The Hall–Kier alpha value is -2.28. The van der Waals surface area contributed by atoms with Crippen LogP contribution in [0.5, 0.6) is 0 Å². The average molecular weight is 380 g/mol. The fourth-order valence-electron chi connectivity index (χ4n) is 3.76. The molecule has 1 aliphatic heterocycles. The average Bonchev–Trinajstić information content (AvgIpc) is 2.60. The minimum absolute atomic E-state index is 0.330. The second kappa shape index (κ2) is 6.41. The lowest BCUT2D eigenvalue weighted by Crippen LogP contribution is -2.44. The summed E-state index contributed by atoms with van der Waals surface area (Å²) in [5.41, 5.74) is 1.86. The predicted molar refractivity (Wildman–Crippen MR) is 114 cm³/mol. The molecule has 0 aliphatic carbocycles. The van der Waals surface area contributed by atoms with E-state index in [2.05, 4.69) is 9.97 Å². The number of rotatable bonds is 2. The minimum atomic E-state index is -0.526. The molecule has 0 amide bonds. The van der Waals surface area contributed by atoms with Crippen molar-refractivity contribution in [3.63, 3.8) is 0 Å². The van der Waals surface area contributed by atoms with E-state index in [1.807, 2.05) is 34.5 Å². The van der Waals surface area contributed by atoms with Crippen molar-refractivity contribution in [3.05, 3.63) is 57.5 Å². The highest BCUT2D eigenvalue weighted by atomic mass is 35.5. The zero-order valence-electron chi connectivity index (χ0n) is 15.5. The van der Waals surface area contributed by atoms with Gasteiger partial charge in [-0.1, -0.05) is 17.7 Å². The zero-order chi connectivity index (χ0) is 19.3. The van der Waals surface area contributed by atoms with Crippen LogP contribution in [0.1, 0.15) is 12.0 Å². The molecule has 0 radical (unpaired) electrons. The third kappa shape index (κ3) is 2.94. The molecule has 2 aromatic heterocycles. The molecular formula is C17H17B3ClFN4O. The largest absolute Gasteiger partial charge is 0.348 e. The number of pyridine rings is 1. The van der Waals surface area contributed by atoms with Crippen LogP contribution >= 0.6 is 11.6 Å². The van der Waals surface area contributed by atoms with Crippen LogP contribution in [0.15, 0.2) is 35.3 Å². The first-order valence-corrected chi connectivity index (χ1v) is 9.29.